The Morgan fingerprint density at radius 2 is 3.25 bits per heavy atom. The van der Waals surface area contributed by atoms with E-state index in [0.717, 1.165) is 0 Å². The molecule has 0 fully saturated rings. The van der Waals surface area contributed by atoms with Crippen LogP contribution in [0.25, 0.3) is 0 Å². The van der Waals surface area contributed by atoms with Crippen molar-refractivity contribution in [2.45, 2.75) is 0 Å². The zero-order valence-corrected chi connectivity index (χ0v) is 2.02. The van der Waals surface area contributed by atoms with E-state index >= 15 is 0 Å². The third kappa shape index (κ3) is 0.356. The van der Waals surface area contributed by atoms with E-state index in [0.29, 0.717) is 0 Å². The fraction of sp³-hybridized carbons (Fsp3) is 0. The Bertz CT molecular complexity index is 105. The topological polar surface area (TPSA) is 52.0 Å². The largest absolute Gasteiger partial charge is 0.386 e. The lowest BCUT2D eigenvalue weighted by Crippen LogP contribution is -2.04. The average molecular weight is 62.1 g/mol. The summed E-state index contributed by atoms with van der Waals surface area (Å²) in [5.74, 6) is -0.481. The molecule has 0 aliphatic heterocycles. The molecule has 0 saturated heterocycles. The summed E-state index contributed by atoms with van der Waals surface area (Å²) in [5, 5.41) is 0. The molecular formula is C2H6N2. The highest BCUT2D eigenvalue weighted by Crippen LogP contribution is 1.39. The monoisotopic (exact) mass is 62.1 g/mol. The molecule has 0 atom stereocenters. The minimum absolute atomic E-state index is 0.0231. The van der Waals surface area contributed by atoms with Crippen molar-refractivity contribution in [3.63, 3.8) is 0 Å². The van der Waals surface area contributed by atoms with Crippen molar-refractivity contribution in [1.82, 2.24) is 0 Å². The number of rotatable bonds is 1. The van der Waals surface area contributed by atoms with Gasteiger partial charge in [-0.3, -0.25) is 0 Å². The van der Waals surface area contributed by atoms with Crippen molar-refractivity contribution >= 4 is 0 Å². The smallest absolute Gasteiger partial charge is 0.158 e. The lowest BCUT2D eigenvalue weighted by Gasteiger charge is -1.72. The van der Waals surface area contributed by atoms with Crippen LogP contribution in [0.3, 0.4) is 0 Å². The van der Waals surface area contributed by atoms with Crippen molar-refractivity contribution in [2.75, 3.05) is 0 Å². The Balaban J connectivity index is 4.00. The van der Waals surface area contributed by atoms with E-state index in [1.165, 1.54) is 0 Å². The van der Waals surface area contributed by atoms with Crippen molar-refractivity contribution in [3.8, 4) is 0 Å². The molecule has 4 heavy (non-hydrogen) atoms. The second kappa shape index (κ2) is 0.767. The van der Waals surface area contributed by atoms with Crippen LogP contribution in [-0.2, 0) is 0 Å². The molecule has 0 spiro atoms. The maximum absolute atomic E-state index is 6.45. The van der Waals surface area contributed by atoms with Crippen LogP contribution in [0.15, 0.2) is 12.4 Å². The molecule has 0 aromatic heterocycles. The molecule has 0 bridgehead atoms. The molecule has 0 aromatic carbocycles. The number of hydrogen-bond acceptors (Lipinski definition) is 2. The first-order valence-corrected chi connectivity index (χ1v) is 0.762. The molecule has 0 aromatic rings. The SMILES string of the molecule is [2H]C([2H])=C(N)N([2H])[2H]. The molecule has 0 saturated carbocycles. The second-order valence-corrected chi connectivity index (χ2v) is 0.385. The highest BCUT2D eigenvalue weighted by Gasteiger charge is 1.48. The summed E-state index contributed by atoms with van der Waals surface area (Å²) in [6.07, 6.45) is 0. The molecule has 0 aliphatic rings. The van der Waals surface area contributed by atoms with Crippen LogP contribution in [-0.4, -0.2) is 0 Å². The Morgan fingerprint density at radius 1 is 2.50 bits per heavy atom. The van der Waals surface area contributed by atoms with Crippen LogP contribution in [0.5, 0.6) is 0 Å². The molecule has 2 heteroatoms. The van der Waals surface area contributed by atoms with Crippen LogP contribution in [0.1, 0.15) is 2.74 Å². The van der Waals surface area contributed by atoms with Gasteiger partial charge < -0.3 is 11.5 Å². The fourth-order valence-corrected chi connectivity index (χ4v) is 0. The zero-order valence-electron chi connectivity index (χ0n) is 6.02. The van der Waals surface area contributed by atoms with Gasteiger partial charge in [-0.15, -0.1) is 0 Å². The van der Waals surface area contributed by atoms with E-state index in [4.69, 9.17) is 11.3 Å². The van der Waals surface area contributed by atoms with Gasteiger partial charge in [0, 0.05) is 0 Å². The summed E-state index contributed by atoms with van der Waals surface area (Å²) >= 11 is 0. The van der Waals surface area contributed by atoms with Crippen LogP contribution >= 0.6 is 0 Å². The highest BCUT2D eigenvalue weighted by molar-refractivity contribution is 4.73. The molecule has 2 nitrogen and oxygen atoms in total. The summed E-state index contributed by atoms with van der Waals surface area (Å²) in [5.41, 5.74) is 4.84. The van der Waals surface area contributed by atoms with Gasteiger partial charge in [-0.2, -0.15) is 0 Å². The standard InChI is InChI=1S/C2H6N2/c1-2(3)4/h1,3-4H2/i1D2/hD2. The maximum Gasteiger partial charge on any atom is 0.158 e. The summed E-state index contributed by atoms with van der Waals surface area (Å²) < 4.78 is 25.7. The molecule has 0 unspecified atom stereocenters. The molecule has 24 valence electrons. The fourth-order valence-electron chi connectivity index (χ4n) is 0. The lowest BCUT2D eigenvalue weighted by molar-refractivity contribution is 1.27. The molecule has 0 rings (SSSR count). The molecule has 0 radical (unpaired) electrons. The predicted octanol–water partition coefficient (Wildman–Crippen LogP) is -0.625. The van der Waals surface area contributed by atoms with Gasteiger partial charge in [-0.25, -0.2) is 0 Å². The van der Waals surface area contributed by atoms with Crippen LogP contribution in [0, 0.1) is 0 Å². The number of hydrogen-bond donors (Lipinski definition) is 2. The number of nitrogens with two attached hydrogens (primary N) is 2. The highest BCUT2D eigenvalue weighted by atomic mass is 14.8. The maximum atomic E-state index is 6.45. The first-order chi connectivity index (χ1) is 3.55. The molecule has 0 aliphatic carbocycles. The van der Waals surface area contributed by atoms with Crippen molar-refractivity contribution in [2.24, 2.45) is 11.5 Å². The lowest BCUT2D eigenvalue weighted by atomic mass is 10.9. The summed E-state index contributed by atoms with van der Waals surface area (Å²) in [7, 11) is 0. The first-order valence-electron chi connectivity index (χ1n) is 2.66. The van der Waals surface area contributed by atoms with Gasteiger partial charge in [-0.1, -0.05) is 6.53 Å². The Labute approximate surface area is 30.8 Å². The van der Waals surface area contributed by atoms with Crippen molar-refractivity contribution in [3.05, 3.63) is 12.4 Å². The van der Waals surface area contributed by atoms with E-state index in [1.807, 2.05) is 0 Å². The minimum Gasteiger partial charge on any atom is -0.386 e. The van der Waals surface area contributed by atoms with E-state index in [9.17, 15) is 0 Å². The van der Waals surface area contributed by atoms with E-state index < -0.39 is 12.4 Å². The molecule has 0 heterocycles. The third-order valence-electron chi connectivity index (χ3n) is 0. The van der Waals surface area contributed by atoms with Gasteiger partial charge in [-0.05, 0) is 0 Å². The normalized spacial score (nSPS) is 18.0. The Hall–Kier alpha value is -0.660. The van der Waals surface area contributed by atoms with E-state index in [1.54, 1.807) is 0 Å². The van der Waals surface area contributed by atoms with Crippen LogP contribution in [0.4, 0.5) is 0 Å². The average Bonchev–Trinajstić information content (AvgIpc) is 1.64. The summed E-state index contributed by atoms with van der Waals surface area (Å²) in [4.78, 5) is 0. The van der Waals surface area contributed by atoms with Gasteiger partial charge in [0.2, 0.25) is 0 Å². The molecule has 4 N–H and O–H groups in total. The molecular weight excluding hydrogens is 52.0 g/mol. The Morgan fingerprint density at radius 3 is 3.25 bits per heavy atom. The van der Waals surface area contributed by atoms with Gasteiger partial charge in [0.05, 0.1) is 8.56 Å². The van der Waals surface area contributed by atoms with Crippen LogP contribution in [0.2, 0.25) is 2.82 Å². The molecule has 0 amide bonds. The minimum atomic E-state index is -0.713. The van der Waals surface area contributed by atoms with Crippen LogP contribution < -0.4 is 11.5 Å². The third-order valence-corrected chi connectivity index (χ3v) is 0. The van der Waals surface area contributed by atoms with Gasteiger partial charge >= 0.3 is 0 Å². The predicted molar refractivity (Wildman–Crippen MR) is 17.5 cm³/mol. The summed E-state index contributed by atoms with van der Waals surface area (Å²) in [6.45, 7) is -0.713. The first kappa shape index (κ1) is 0.455. The van der Waals surface area contributed by atoms with Gasteiger partial charge in [0.15, 0.2) is 2.82 Å². The quantitative estimate of drug-likeness (QED) is 0.425. The van der Waals surface area contributed by atoms with Gasteiger partial charge in [0.1, 0.15) is 0 Å². The zero-order chi connectivity index (χ0) is 6.73. The van der Waals surface area contributed by atoms with E-state index in [-0.39, 0.29) is 5.72 Å². The second-order valence-electron chi connectivity index (χ2n) is 0.385. The summed E-state index contributed by atoms with van der Waals surface area (Å²) in [6, 6.07) is 0. The van der Waals surface area contributed by atoms with E-state index in [2.05, 4.69) is 0 Å². The van der Waals surface area contributed by atoms with Crippen molar-refractivity contribution < 1.29 is 5.57 Å². The van der Waals surface area contributed by atoms with Gasteiger partial charge in [0.25, 0.3) is 0 Å². The Kier molecular flexibility index (Phi) is 0.0873. The van der Waals surface area contributed by atoms with Crippen molar-refractivity contribution in [1.29, 1.82) is 0 Å².